The van der Waals surface area contributed by atoms with Crippen LogP contribution in [0, 0.1) is 0 Å². The van der Waals surface area contributed by atoms with Crippen LogP contribution in [0.5, 0.6) is 0 Å². The van der Waals surface area contributed by atoms with Gasteiger partial charge in [-0.2, -0.15) is 0 Å². The first-order chi connectivity index (χ1) is 10.8. The Morgan fingerprint density at radius 2 is 1.82 bits per heavy atom. The summed E-state index contributed by atoms with van der Waals surface area (Å²) in [6.07, 6.45) is 9.91. The lowest BCUT2D eigenvalue weighted by atomic mass is 10.1. The normalized spacial score (nSPS) is 11.9. The van der Waals surface area contributed by atoms with Gasteiger partial charge in [-0.1, -0.05) is 36.4 Å². The van der Waals surface area contributed by atoms with Crippen LogP contribution in [0.15, 0.2) is 83.6 Å². The third kappa shape index (κ3) is 4.45. The molecule has 0 unspecified atom stereocenters. The maximum atomic E-state index is 12.1. The van der Waals surface area contributed by atoms with Gasteiger partial charge in [-0.15, -0.1) is 0 Å². The van der Waals surface area contributed by atoms with Crippen LogP contribution in [0.1, 0.15) is 16.1 Å². The van der Waals surface area contributed by atoms with Crippen LogP contribution in [0.3, 0.4) is 0 Å². The molecule has 0 spiro atoms. The molecule has 0 bridgehead atoms. The first kappa shape index (κ1) is 15.3. The minimum atomic E-state index is -0.229. The summed E-state index contributed by atoms with van der Waals surface area (Å²) in [5.74, 6) is 0.0493. The molecule has 0 amide bonds. The molecule has 1 N–H and O–H groups in total. The first-order valence-electron chi connectivity index (χ1n) is 6.70. The summed E-state index contributed by atoms with van der Waals surface area (Å²) in [6, 6.07) is 12.7. The summed E-state index contributed by atoms with van der Waals surface area (Å²) in [7, 11) is 0. The highest BCUT2D eigenvalue weighted by molar-refractivity contribution is 6.06. The SMILES string of the molecule is O=C/C=C/C=C/N/C(=C/C(=O)c1ccco1)c1ccccc1. The molecular weight excluding hydrogens is 278 g/mol. The fourth-order valence-corrected chi connectivity index (χ4v) is 1.75. The van der Waals surface area contributed by atoms with E-state index < -0.39 is 0 Å². The van der Waals surface area contributed by atoms with Gasteiger partial charge in [-0.05, 0) is 29.8 Å². The van der Waals surface area contributed by atoms with Gasteiger partial charge in [-0.3, -0.25) is 9.59 Å². The zero-order valence-corrected chi connectivity index (χ0v) is 11.8. The summed E-state index contributed by atoms with van der Waals surface area (Å²) in [5.41, 5.74) is 1.50. The molecule has 110 valence electrons. The van der Waals surface area contributed by atoms with Gasteiger partial charge in [0.15, 0.2) is 5.76 Å². The van der Waals surface area contributed by atoms with Crippen LogP contribution in [0.25, 0.3) is 5.70 Å². The van der Waals surface area contributed by atoms with Crippen LogP contribution in [-0.2, 0) is 4.79 Å². The van der Waals surface area contributed by atoms with Crippen molar-refractivity contribution in [2.24, 2.45) is 0 Å². The van der Waals surface area contributed by atoms with Gasteiger partial charge in [-0.25, -0.2) is 0 Å². The second kappa shape index (κ2) is 8.21. The van der Waals surface area contributed by atoms with Gasteiger partial charge in [0.1, 0.15) is 6.29 Å². The van der Waals surface area contributed by atoms with E-state index in [1.54, 1.807) is 30.5 Å². The Bertz CT molecular complexity index is 695. The lowest BCUT2D eigenvalue weighted by Gasteiger charge is -2.07. The van der Waals surface area contributed by atoms with Crippen LogP contribution in [-0.4, -0.2) is 12.1 Å². The molecule has 1 aromatic carbocycles. The topological polar surface area (TPSA) is 59.3 Å². The molecular formula is C18H15NO3. The zero-order valence-electron chi connectivity index (χ0n) is 11.8. The van der Waals surface area contributed by atoms with E-state index in [-0.39, 0.29) is 11.5 Å². The fraction of sp³-hybridized carbons (Fsp3) is 0. The van der Waals surface area contributed by atoms with Gasteiger partial charge in [0.25, 0.3) is 0 Å². The average molecular weight is 293 g/mol. The molecule has 0 saturated heterocycles. The van der Waals surface area contributed by atoms with E-state index in [2.05, 4.69) is 5.32 Å². The van der Waals surface area contributed by atoms with Crippen molar-refractivity contribution in [3.05, 3.63) is 90.6 Å². The van der Waals surface area contributed by atoms with Gasteiger partial charge < -0.3 is 9.73 Å². The Balaban J connectivity index is 2.22. The monoisotopic (exact) mass is 293 g/mol. The lowest BCUT2D eigenvalue weighted by molar-refractivity contribution is -0.104. The van der Waals surface area contributed by atoms with Gasteiger partial charge in [0, 0.05) is 18.0 Å². The molecule has 0 atom stereocenters. The number of hydrogen-bond donors (Lipinski definition) is 1. The first-order valence-corrected chi connectivity index (χ1v) is 6.70. The fourth-order valence-electron chi connectivity index (χ4n) is 1.75. The highest BCUT2D eigenvalue weighted by Gasteiger charge is 2.08. The van der Waals surface area contributed by atoms with Gasteiger partial charge in [0.2, 0.25) is 5.78 Å². The highest BCUT2D eigenvalue weighted by atomic mass is 16.3. The average Bonchev–Trinajstić information content (AvgIpc) is 3.09. The lowest BCUT2D eigenvalue weighted by Crippen LogP contribution is -2.06. The second-order valence-corrected chi connectivity index (χ2v) is 4.29. The molecule has 2 aromatic rings. The molecule has 0 fully saturated rings. The number of carbonyl (C=O) groups excluding carboxylic acids is 2. The Labute approximate surface area is 128 Å². The predicted octanol–water partition coefficient (Wildman–Crippen LogP) is 3.36. The van der Waals surface area contributed by atoms with E-state index in [0.29, 0.717) is 12.0 Å². The molecule has 1 aromatic heterocycles. The number of furan rings is 1. The maximum Gasteiger partial charge on any atom is 0.223 e. The molecule has 0 aliphatic carbocycles. The van der Waals surface area contributed by atoms with Crippen molar-refractivity contribution in [2.45, 2.75) is 0 Å². The van der Waals surface area contributed by atoms with Crippen LogP contribution in [0.2, 0.25) is 0 Å². The van der Waals surface area contributed by atoms with Gasteiger partial charge in [0.05, 0.1) is 6.26 Å². The number of ketones is 1. The number of aldehydes is 1. The van der Waals surface area contributed by atoms with E-state index in [0.717, 1.165) is 5.56 Å². The molecule has 0 radical (unpaired) electrons. The third-order valence-electron chi connectivity index (χ3n) is 2.76. The molecule has 0 aliphatic heterocycles. The molecule has 22 heavy (non-hydrogen) atoms. The van der Waals surface area contributed by atoms with Crippen molar-refractivity contribution >= 4 is 17.8 Å². The van der Waals surface area contributed by atoms with Crippen molar-refractivity contribution in [2.75, 3.05) is 0 Å². The number of carbonyl (C=O) groups is 2. The Morgan fingerprint density at radius 3 is 2.50 bits per heavy atom. The molecule has 0 aliphatic rings. The molecule has 4 nitrogen and oxygen atoms in total. The van der Waals surface area contributed by atoms with Crippen LogP contribution in [0.4, 0.5) is 0 Å². The quantitative estimate of drug-likeness (QED) is 0.368. The number of nitrogens with one attached hydrogen (secondary N) is 1. The zero-order chi connectivity index (χ0) is 15.6. The van der Waals surface area contributed by atoms with Crippen LogP contribution < -0.4 is 5.32 Å². The number of benzene rings is 1. The summed E-state index contributed by atoms with van der Waals surface area (Å²) in [5, 5.41) is 3.04. The minimum absolute atomic E-state index is 0.229. The molecule has 1 heterocycles. The third-order valence-corrected chi connectivity index (χ3v) is 2.76. The van der Waals surface area contributed by atoms with Gasteiger partial charge >= 0.3 is 0 Å². The summed E-state index contributed by atoms with van der Waals surface area (Å²) in [4.78, 5) is 22.3. The van der Waals surface area contributed by atoms with Crippen LogP contribution >= 0.6 is 0 Å². The molecule has 2 rings (SSSR count). The van der Waals surface area contributed by atoms with Crippen molar-refractivity contribution in [3.8, 4) is 0 Å². The molecule has 0 saturated carbocycles. The van der Waals surface area contributed by atoms with Crippen molar-refractivity contribution in [3.63, 3.8) is 0 Å². The minimum Gasteiger partial charge on any atom is -0.461 e. The smallest absolute Gasteiger partial charge is 0.223 e. The molecule has 4 heteroatoms. The standard InChI is InChI=1S/C18H15NO3/c20-12-6-2-5-11-19-16(15-8-3-1-4-9-15)14-17(21)18-10-7-13-22-18/h1-14,19H/b6-2+,11-5+,16-14+. The van der Waals surface area contributed by atoms with E-state index in [1.807, 2.05) is 30.3 Å². The Kier molecular flexibility index (Phi) is 5.70. The number of hydrogen-bond acceptors (Lipinski definition) is 4. The summed E-state index contributed by atoms with van der Waals surface area (Å²) >= 11 is 0. The van der Waals surface area contributed by atoms with E-state index in [9.17, 15) is 9.59 Å². The Morgan fingerprint density at radius 1 is 1.00 bits per heavy atom. The highest BCUT2D eigenvalue weighted by Crippen LogP contribution is 2.13. The number of allylic oxidation sites excluding steroid dienone is 4. The van der Waals surface area contributed by atoms with Crippen molar-refractivity contribution in [1.82, 2.24) is 5.32 Å². The van der Waals surface area contributed by atoms with Crippen molar-refractivity contribution < 1.29 is 14.0 Å². The second-order valence-electron chi connectivity index (χ2n) is 4.29. The van der Waals surface area contributed by atoms with E-state index in [4.69, 9.17) is 4.42 Å². The Hall–Kier alpha value is -3.14. The predicted molar refractivity (Wildman–Crippen MR) is 84.9 cm³/mol. The summed E-state index contributed by atoms with van der Waals surface area (Å²) in [6.45, 7) is 0. The summed E-state index contributed by atoms with van der Waals surface area (Å²) < 4.78 is 5.10. The van der Waals surface area contributed by atoms with E-state index in [1.165, 1.54) is 18.4 Å². The maximum absolute atomic E-state index is 12.1. The van der Waals surface area contributed by atoms with Crippen molar-refractivity contribution in [1.29, 1.82) is 0 Å². The van der Waals surface area contributed by atoms with E-state index >= 15 is 0 Å². The largest absolute Gasteiger partial charge is 0.461 e. The number of rotatable bonds is 7.